The van der Waals surface area contributed by atoms with Gasteiger partial charge in [-0.25, -0.2) is 4.99 Å². The molecule has 0 amide bonds. The molecule has 0 saturated carbocycles. The highest BCUT2D eigenvalue weighted by atomic mass is 14.8. The molecule has 2 heteroatoms. The molecule has 1 rings (SSSR count). The Balaban J connectivity index is 2.61. The van der Waals surface area contributed by atoms with Crippen LogP contribution in [0, 0.1) is 6.92 Å². The minimum atomic E-state index is 0.732. The zero-order valence-corrected chi connectivity index (χ0v) is 8.96. The Labute approximate surface area is 85.9 Å². The lowest BCUT2D eigenvalue weighted by molar-refractivity contribution is 0.831. The fourth-order valence-corrected chi connectivity index (χ4v) is 1.20. The molecular formula is C12H18N2. The highest BCUT2D eigenvalue weighted by Crippen LogP contribution is 2.12. The minimum absolute atomic E-state index is 0.732. The van der Waals surface area contributed by atoms with Gasteiger partial charge in [0, 0.05) is 6.42 Å². The molecule has 14 heavy (non-hydrogen) atoms. The van der Waals surface area contributed by atoms with Crippen LogP contribution < -0.4 is 5.73 Å². The third-order valence-corrected chi connectivity index (χ3v) is 2.09. The van der Waals surface area contributed by atoms with E-state index in [1.54, 1.807) is 0 Å². The maximum absolute atomic E-state index is 5.78. The van der Waals surface area contributed by atoms with Crippen molar-refractivity contribution in [2.75, 3.05) is 0 Å². The number of nitrogens with two attached hydrogens (primary N) is 1. The Morgan fingerprint density at radius 3 is 2.50 bits per heavy atom. The minimum Gasteiger partial charge on any atom is -0.387 e. The lowest BCUT2D eigenvalue weighted by atomic mass is 10.2. The van der Waals surface area contributed by atoms with Crippen molar-refractivity contribution in [3.63, 3.8) is 0 Å². The van der Waals surface area contributed by atoms with Gasteiger partial charge in [0.1, 0.15) is 0 Å². The molecule has 2 nitrogen and oxygen atoms in total. The lowest BCUT2D eigenvalue weighted by Gasteiger charge is -1.99. The van der Waals surface area contributed by atoms with E-state index >= 15 is 0 Å². The number of hydrogen-bond donors (Lipinski definition) is 1. The molecule has 0 spiro atoms. The zero-order valence-electron chi connectivity index (χ0n) is 8.96. The highest BCUT2D eigenvalue weighted by Gasteiger charge is 1.93. The molecule has 0 heterocycles. The van der Waals surface area contributed by atoms with Gasteiger partial charge in [-0.3, -0.25) is 0 Å². The maximum Gasteiger partial charge on any atom is 0.0996 e. The molecule has 0 fully saturated rings. The summed E-state index contributed by atoms with van der Waals surface area (Å²) >= 11 is 0. The van der Waals surface area contributed by atoms with Crippen molar-refractivity contribution in [1.82, 2.24) is 0 Å². The van der Waals surface area contributed by atoms with Gasteiger partial charge in [-0.05, 0) is 25.5 Å². The van der Waals surface area contributed by atoms with Crippen molar-refractivity contribution in [2.45, 2.75) is 33.1 Å². The van der Waals surface area contributed by atoms with Crippen molar-refractivity contribution >= 4 is 11.5 Å². The van der Waals surface area contributed by atoms with Crippen molar-refractivity contribution in [3.8, 4) is 0 Å². The van der Waals surface area contributed by atoms with Gasteiger partial charge in [0.05, 0.1) is 11.5 Å². The van der Waals surface area contributed by atoms with E-state index in [-0.39, 0.29) is 0 Å². The topological polar surface area (TPSA) is 38.4 Å². The van der Waals surface area contributed by atoms with E-state index in [9.17, 15) is 0 Å². The first-order valence-corrected chi connectivity index (χ1v) is 5.12. The van der Waals surface area contributed by atoms with Crippen LogP contribution in [0.25, 0.3) is 0 Å². The first-order chi connectivity index (χ1) is 6.72. The summed E-state index contributed by atoms with van der Waals surface area (Å²) in [4.78, 5) is 4.33. The second-order valence-electron chi connectivity index (χ2n) is 3.54. The molecule has 0 unspecified atom stereocenters. The van der Waals surface area contributed by atoms with Crippen LogP contribution in [-0.2, 0) is 0 Å². The third kappa shape index (κ3) is 3.60. The van der Waals surface area contributed by atoms with Gasteiger partial charge in [0.2, 0.25) is 0 Å². The van der Waals surface area contributed by atoms with E-state index < -0.39 is 0 Å². The van der Waals surface area contributed by atoms with Crippen LogP contribution in [0.2, 0.25) is 0 Å². The molecular weight excluding hydrogens is 172 g/mol. The maximum atomic E-state index is 5.78. The lowest BCUT2D eigenvalue weighted by Crippen LogP contribution is -2.10. The monoisotopic (exact) mass is 190 g/mol. The quantitative estimate of drug-likeness (QED) is 0.574. The Kier molecular flexibility index (Phi) is 4.17. The van der Waals surface area contributed by atoms with Gasteiger partial charge in [-0.2, -0.15) is 0 Å². The summed E-state index contributed by atoms with van der Waals surface area (Å²) in [6.07, 6.45) is 3.16. The SMILES string of the molecule is CCCCC(N)=Nc1ccc(C)cc1. The number of rotatable bonds is 4. The van der Waals surface area contributed by atoms with Crippen LogP contribution in [0.3, 0.4) is 0 Å². The third-order valence-electron chi connectivity index (χ3n) is 2.09. The van der Waals surface area contributed by atoms with E-state index in [1.807, 2.05) is 24.3 Å². The first kappa shape index (κ1) is 10.8. The van der Waals surface area contributed by atoms with Gasteiger partial charge in [0.15, 0.2) is 0 Å². The highest BCUT2D eigenvalue weighted by molar-refractivity contribution is 5.83. The molecule has 0 bridgehead atoms. The molecule has 1 aromatic rings. The van der Waals surface area contributed by atoms with Gasteiger partial charge in [-0.15, -0.1) is 0 Å². The standard InChI is InChI=1S/C12H18N2/c1-3-4-5-12(13)14-11-8-6-10(2)7-9-11/h6-9H,3-5H2,1-2H3,(H2,13,14). The average molecular weight is 190 g/mol. The Hall–Kier alpha value is -1.31. The summed E-state index contributed by atoms with van der Waals surface area (Å²) < 4.78 is 0. The molecule has 1 aromatic carbocycles. The number of unbranched alkanes of at least 4 members (excludes halogenated alkanes) is 1. The van der Waals surface area contributed by atoms with E-state index in [2.05, 4.69) is 18.8 Å². The van der Waals surface area contributed by atoms with Gasteiger partial charge >= 0.3 is 0 Å². The molecule has 0 atom stereocenters. The van der Waals surface area contributed by atoms with Crippen LogP contribution in [0.1, 0.15) is 31.7 Å². The van der Waals surface area contributed by atoms with Crippen LogP contribution in [0.5, 0.6) is 0 Å². The zero-order chi connectivity index (χ0) is 10.4. The Morgan fingerprint density at radius 2 is 1.93 bits per heavy atom. The Morgan fingerprint density at radius 1 is 1.29 bits per heavy atom. The molecule has 2 N–H and O–H groups in total. The normalized spacial score (nSPS) is 11.7. The summed E-state index contributed by atoms with van der Waals surface area (Å²) in [5.74, 6) is 0.732. The van der Waals surface area contributed by atoms with E-state index in [4.69, 9.17) is 5.73 Å². The summed E-state index contributed by atoms with van der Waals surface area (Å²) in [5.41, 5.74) is 7.97. The molecule has 0 aliphatic carbocycles. The van der Waals surface area contributed by atoms with E-state index in [1.165, 1.54) is 5.56 Å². The van der Waals surface area contributed by atoms with E-state index in [0.29, 0.717) is 0 Å². The molecule has 0 saturated heterocycles. The largest absolute Gasteiger partial charge is 0.387 e. The van der Waals surface area contributed by atoms with Crippen molar-refractivity contribution in [1.29, 1.82) is 0 Å². The summed E-state index contributed by atoms with van der Waals surface area (Å²) in [5, 5.41) is 0. The summed E-state index contributed by atoms with van der Waals surface area (Å²) in [7, 11) is 0. The number of nitrogens with zero attached hydrogens (tertiary/aromatic N) is 1. The summed E-state index contributed by atoms with van der Waals surface area (Å²) in [6, 6.07) is 8.08. The van der Waals surface area contributed by atoms with Crippen LogP contribution in [0.15, 0.2) is 29.3 Å². The second kappa shape index (κ2) is 5.43. The van der Waals surface area contributed by atoms with Crippen LogP contribution in [-0.4, -0.2) is 5.84 Å². The number of amidine groups is 1. The predicted molar refractivity (Wildman–Crippen MR) is 62.0 cm³/mol. The van der Waals surface area contributed by atoms with Gasteiger partial charge in [0.25, 0.3) is 0 Å². The second-order valence-corrected chi connectivity index (χ2v) is 3.54. The predicted octanol–water partition coefficient (Wildman–Crippen LogP) is 3.17. The van der Waals surface area contributed by atoms with Crippen molar-refractivity contribution in [2.24, 2.45) is 10.7 Å². The first-order valence-electron chi connectivity index (χ1n) is 5.12. The van der Waals surface area contributed by atoms with Gasteiger partial charge in [-0.1, -0.05) is 31.0 Å². The fourth-order valence-electron chi connectivity index (χ4n) is 1.20. The number of benzene rings is 1. The molecule has 0 aliphatic rings. The molecule has 0 radical (unpaired) electrons. The number of hydrogen-bond acceptors (Lipinski definition) is 1. The van der Waals surface area contributed by atoms with Gasteiger partial charge < -0.3 is 5.73 Å². The number of aryl methyl sites for hydroxylation is 1. The molecule has 0 aromatic heterocycles. The van der Waals surface area contributed by atoms with Crippen molar-refractivity contribution in [3.05, 3.63) is 29.8 Å². The van der Waals surface area contributed by atoms with Crippen molar-refractivity contribution < 1.29 is 0 Å². The number of aliphatic imine (C=N–C) groups is 1. The van der Waals surface area contributed by atoms with E-state index in [0.717, 1.165) is 30.8 Å². The fraction of sp³-hybridized carbons (Fsp3) is 0.417. The molecule has 0 aliphatic heterocycles. The van der Waals surface area contributed by atoms with Crippen LogP contribution in [0.4, 0.5) is 5.69 Å². The average Bonchev–Trinajstić information content (AvgIpc) is 2.18. The van der Waals surface area contributed by atoms with Crippen LogP contribution >= 0.6 is 0 Å². The summed E-state index contributed by atoms with van der Waals surface area (Å²) in [6.45, 7) is 4.22. The smallest absolute Gasteiger partial charge is 0.0996 e. The Bertz CT molecular complexity index is 299. The molecule has 76 valence electrons.